The van der Waals surface area contributed by atoms with Gasteiger partial charge in [0.25, 0.3) is 5.91 Å². The summed E-state index contributed by atoms with van der Waals surface area (Å²) in [5.74, 6) is -0.180. The van der Waals surface area contributed by atoms with Crippen molar-refractivity contribution in [1.29, 1.82) is 0 Å². The molecule has 0 radical (unpaired) electrons. The van der Waals surface area contributed by atoms with Crippen molar-refractivity contribution in [3.05, 3.63) is 76.3 Å². The number of rotatable bonds is 5. The Morgan fingerprint density at radius 2 is 2.00 bits per heavy atom. The molecule has 0 spiro atoms. The zero-order chi connectivity index (χ0) is 22.0. The summed E-state index contributed by atoms with van der Waals surface area (Å²) in [6, 6.07) is 11.6. The van der Waals surface area contributed by atoms with Crippen LogP contribution in [-0.4, -0.2) is 49.9 Å². The average molecular weight is 439 g/mol. The lowest BCUT2D eigenvalue weighted by atomic mass is 9.91. The molecule has 1 saturated carbocycles. The van der Waals surface area contributed by atoms with Crippen LogP contribution in [0.2, 0.25) is 5.02 Å². The minimum absolute atomic E-state index is 0.169. The smallest absolute Gasteiger partial charge is 0.272 e. The van der Waals surface area contributed by atoms with Crippen LogP contribution in [0.4, 0.5) is 0 Å². The number of amides is 1. The minimum Gasteiger partial charge on any atom is -0.391 e. The van der Waals surface area contributed by atoms with Gasteiger partial charge in [-0.25, -0.2) is 9.67 Å². The fraction of sp³-hybridized carbons (Fsp3) is 0.375. The Labute approximate surface area is 187 Å². The molecule has 6 nitrogen and oxygen atoms in total. The van der Waals surface area contributed by atoms with Crippen LogP contribution < -0.4 is 0 Å². The van der Waals surface area contributed by atoms with Crippen LogP contribution in [0.5, 0.6) is 0 Å². The highest BCUT2D eigenvalue weighted by atomic mass is 35.5. The number of nitrogens with zero attached hydrogens (tertiary/aromatic N) is 4. The van der Waals surface area contributed by atoms with E-state index in [-0.39, 0.29) is 11.9 Å². The van der Waals surface area contributed by atoms with Gasteiger partial charge in [0, 0.05) is 19.4 Å². The van der Waals surface area contributed by atoms with E-state index in [9.17, 15) is 9.90 Å². The number of halogens is 1. The second-order valence-electron chi connectivity index (χ2n) is 8.20. The standard InChI is InChI=1S/C24H27ClN4O2/c1-16-23(25)18(14-17-8-10-19(11-9-17)29-13-5-12-26-29)15-20(27-16)24(31)28(2)21-6-3-4-7-22(21)30/h5,8-13,15,21-22,30H,3-4,6-7,14H2,1-2H3/t21?,22-/m0/s1. The van der Waals surface area contributed by atoms with E-state index in [0.717, 1.165) is 42.5 Å². The molecule has 1 unspecified atom stereocenters. The number of hydrogen-bond donors (Lipinski definition) is 1. The summed E-state index contributed by atoms with van der Waals surface area (Å²) in [7, 11) is 1.75. The molecule has 31 heavy (non-hydrogen) atoms. The van der Waals surface area contributed by atoms with Gasteiger partial charge in [-0.3, -0.25) is 4.79 Å². The first-order valence-corrected chi connectivity index (χ1v) is 11.0. The van der Waals surface area contributed by atoms with E-state index in [4.69, 9.17) is 11.6 Å². The highest BCUT2D eigenvalue weighted by molar-refractivity contribution is 6.32. The second-order valence-corrected chi connectivity index (χ2v) is 8.57. The van der Waals surface area contributed by atoms with Gasteiger partial charge in [-0.2, -0.15) is 5.10 Å². The molecule has 2 aromatic heterocycles. The van der Waals surface area contributed by atoms with Crippen molar-refractivity contribution in [2.45, 2.75) is 51.2 Å². The Hall–Kier alpha value is -2.70. The number of aliphatic hydroxyl groups excluding tert-OH is 1. The number of likely N-dealkylation sites (N-methyl/N-ethyl adjacent to an activating group) is 1. The molecule has 0 bridgehead atoms. The third-order valence-electron chi connectivity index (χ3n) is 6.03. The first kappa shape index (κ1) is 21.5. The maximum atomic E-state index is 13.1. The van der Waals surface area contributed by atoms with Crippen LogP contribution in [-0.2, 0) is 6.42 Å². The molecule has 1 N–H and O–H groups in total. The van der Waals surface area contributed by atoms with E-state index in [2.05, 4.69) is 10.1 Å². The van der Waals surface area contributed by atoms with Crippen molar-refractivity contribution in [1.82, 2.24) is 19.7 Å². The normalized spacial score (nSPS) is 18.7. The third-order valence-corrected chi connectivity index (χ3v) is 6.55. The number of benzene rings is 1. The molecule has 1 aromatic carbocycles. The summed E-state index contributed by atoms with van der Waals surface area (Å²) in [5.41, 5.74) is 3.92. The number of carbonyl (C=O) groups excluding carboxylic acids is 1. The first-order chi connectivity index (χ1) is 14.9. The Balaban J connectivity index is 1.55. The number of hydrogen-bond acceptors (Lipinski definition) is 4. The number of aryl methyl sites for hydroxylation is 1. The van der Waals surface area contributed by atoms with Crippen molar-refractivity contribution in [3.8, 4) is 5.69 Å². The van der Waals surface area contributed by atoms with Crippen LogP contribution in [0.15, 0.2) is 48.8 Å². The molecule has 1 aliphatic rings. The number of pyridine rings is 1. The van der Waals surface area contributed by atoms with Crippen molar-refractivity contribution in [2.75, 3.05) is 7.05 Å². The molecule has 0 saturated heterocycles. The lowest BCUT2D eigenvalue weighted by molar-refractivity contribution is 0.0264. The largest absolute Gasteiger partial charge is 0.391 e. The molecule has 0 aliphatic heterocycles. The average Bonchev–Trinajstić information content (AvgIpc) is 3.31. The van der Waals surface area contributed by atoms with E-state index >= 15 is 0 Å². The van der Waals surface area contributed by atoms with Crippen LogP contribution in [0.25, 0.3) is 5.69 Å². The summed E-state index contributed by atoms with van der Waals surface area (Å²) >= 11 is 6.54. The minimum atomic E-state index is -0.483. The molecule has 1 aliphatic carbocycles. The Morgan fingerprint density at radius 1 is 1.26 bits per heavy atom. The van der Waals surface area contributed by atoms with Gasteiger partial charge in [-0.15, -0.1) is 0 Å². The summed E-state index contributed by atoms with van der Waals surface area (Å²) in [4.78, 5) is 19.2. The zero-order valence-electron chi connectivity index (χ0n) is 17.8. The third kappa shape index (κ3) is 4.65. The number of carbonyl (C=O) groups is 1. The molecule has 162 valence electrons. The maximum Gasteiger partial charge on any atom is 0.272 e. The van der Waals surface area contributed by atoms with Crippen molar-refractivity contribution >= 4 is 17.5 Å². The van der Waals surface area contributed by atoms with Crippen LogP contribution in [0.1, 0.15) is 53.0 Å². The van der Waals surface area contributed by atoms with Crippen LogP contribution in [0, 0.1) is 6.92 Å². The van der Waals surface area contributed by atoms with Crippen molar-refractivity contribution in [3.63, 3.8) is 0 Å². The van der Waals surface area contributed by atoms with E-state index < -0.39 is 6.10 Å². The second kappa shape index (κ2) is 9.20. The summed E-state index contributed by atoms with van der Waals surface area (Å²) < 4.78 is 1.81. The number of aromatic nitrogens is 3. The Kier molecular flexibility index (Phi) is 6.39. The monoisotopic (exact) mass is 438 g/mol. The first-order valence-electron chi connectivity index (χ1n) is 10.6. The van der Waals surface area contributed by atoms with Gasteiger partial charge in [-0.05, 0) is 61.6 Å². The van der Waals surface area contributed by atoms with E-state index in [1.807, 2.05) is 43.5 Å². The quantitative estimate of drug-likeness (QED) is 0.648. The van der Waals surface area contributed by atoms with Gasteiger partial charge in [0.15, 0.2) is 0 Å². The molecule has 2 atom stereocenters. The van der Waals surface area contributed by atoms with Crippen LogP contribution in [0.3, 0.4) is 0 Å². The predicted octanol–water partition coefficient (Wildman–Crippen LogP) is 4.20. The predicted molar refractivity (Wildman–Crippen MR) is 121 cm³/mol. The van der Waals surface area contributed by atoms with Crippen molar-refractivity contribution in [2.24, 2.45) is 0 Å². The van der Waals surface area contributed by atoms with Crippen molar-refractivity contribution < 1.29 is 9.90 Å². The summed E-state index contributed by atoms with van der Waals surface area (Å²) in [6.45, 7) is 1.82. The van der Waals surface area contributed by atoms with Crippen LogP contribution >= 0.6 is 11.6 Å². The van der Waals surface area contributed by atoms with Gasteiger partial charge >= 0.3 is 0 Å². The molecule has 4 rings (SSSR count). The number of aliphatic hydroxyl groups is 1. The fourth-order valence-electron chi connectivity index (χ4n) is 4.24. The summed E-state index contributed by atoms with van der Waals surface area (Å²) in [5, 5.41) is 15.2. The molecule has 7 heteroatoms. The van der Waals surface area contributed by atoms with E-state index in [0.29, 0.717) is 22.8 Å². The highest BCUT2D eigenvalue weighted by Crippen LogP contribution is 2.27. The lowest BCUT2D eigenvalue weighted by Crippen LogP contribution is -2.46. The van der Waals surface area contributed by atoms with Gasteiger partial charge in [0.2, 0.25) is 0 Å². The molecule has 1 fully saturated rings. The fourth-order valence-corrected chi connectivity index (χ4v) is 4.41. The lowest BCUT2D eigenvalue weighted by Gasteiger charge is -2.35. The van der Waals surface area contributed by atoms with Gasteiger partial charge in [0.05, 0.1) is 28.5 Å². The molecular formula is C24H27ClN4O2. The molecule has 2 heterocycles. The van der Waals surface area contributed by atoms with Gasteiger partial charge in [0.1, 0.15) is 5.69 Å². The molecule has 1 amide bonds. The van der Waals surface area contributed by atoms with E-state index in [1.54, 1.807) is 28.9 Å². The SMILES string of the molecule is Cc1nc(C(=O)N(C)C2CCCC[C@@H]2O)cc(Cc2ccc(-n3cccn3)cc2)c1Cl. The van der Waals surface area contributed by atoms with Gasteiger partial charge in [-0.1, -0.05) is 36.6 Å². The molecule has 3 aromatic rings. The van der Waals surface area contributed by atoms with E-state index in [1.165, 1.54) is 0 Å². The summed E-state index contributed by atoms with van der Waals surface area (Å²) in [6.07, 6.45) is 7.32. The Bertz CT molecular complexity index is 1050. The van der Waals surface area contributed by atoms with Gasteiger partial charge < -0.3 is 10.0 Å². The Morgan fingerprint density at radius 3 is 2.68 bits per heavy atom. The molecular weight excluding hydrogens is 412 g/mol. The highest BCUT2D eigenvalue weighted by Gasteiger charge is 2.30. The zero-order valence-corrected chi connectivity index (χ0v) is 18.6. The topological polar surface area (TPSA) is 71.2 Å². The maximum absolute atomic E-state index is 13.1.